The van der Waals surface area contributed by atoms with E-state index in [0.717, 1.165) is 30.6 Å². The third-order valence-corrected chi connectivity index (χ3v) is 6.66. The summed E-state index contributed by atoms with van der Waals surface area (Å²) in [5.74, 6) is 1.50. The molecule has 6 rings (SSSR count). The minimum atomic E-state index is -0.00687. The Balaban J connectivity index is 1.05. The number of likely N-dealkylation sites (tertiary alicyclic amines) is 1. The highest BCUT2D eigenvalue weighted by molar-refractivity contribution is 5.78. The van der Waals surface area contributed by atoms with E-state index in [-0.39, 0.29) is 18.4 Å². The monoisotopic (exact) mass is 446 g/mol. The quantitative estimate of drug-likeness (QED) is 0.452. The van der Waals surface area contributed by atoms with Gasteiger partial charge in [-0.1, -0.05) is 24.3 Å². The minimum Gasteiger partial charge on any atom is -0.420 e. The summed E-state index contributed by atoms with van der Waals surface area (Å²) < 4.78 is 5.76. The van der Waals surface area contributed by atoms with E-state index >= 15 is 0 Å². The topological polar surface area (TPSA) is 120 Å². The number of hydrogen-bond donors (Lipinski definition) is 4. The van der Waals surface area contributed by atoms with Crippen LogP contribution in [0, 0.1) is 0 Å². The number of benzene rings is 1. The van der Waals surface area contributed by atoms with E-state index in [1.165, 1.54) is 11.1 Å². The van der Waals surface area contributed by atoms with Crippen LogP contribution < -0.4 is 21.7 Å². The Kier molecular flexibility index (Phi) is 5.25. The number of hydrogen-bond acceptors (Lipinski definition) is 9. The van der Waals surface area contributed by atoms with Crippen LogP contribution in [0.15, 0.2) is 47.0 Å². The van der Waals surface area contributed by atoms with Crippen LogP contribution in [0.4, 0.5) is 5.82 Å². The number of fused-ring (bicyclic) bond motifs is 2. The van der Waals surface area contributed by atoms with Gasteiger partial charge in [0.2, 0.25) is 17.7 Å². The van der Waals surface area contributed by atoms with Crippen molar-refractivity contribution in [2.45, 2.75) is 43.8 Å². The summed E-state index contributed by atoms with van der Waals surface area (Å²) in [6.07, 6.45) is 4.72. The molecule has 3 aliphatic rings. The summed E-state index contributed by atoms with van der Waals surface area (Å²) in [4.78, 5) is 19.1. The summed E-state index contributed by atoms with van der Waals surface area (Å²) >= 11 is 0. The van der Waals surface area contributed by atoms with E-state index in [0.29, 0.717) is 37.0 Å². The average molecular weight is 447 g/mol. The predicted molar refractivity (Wildman–Crippen MR) is 121 cm³/mol. The number of nitrogens with one attached hydrogen (secondary N) is 4. The van der Waals surface area contributed by atoms with Crippen LogP contribution in [0.5, 0.6) is 0 Å². The van der Waals surface area contributed by atoms with Gasteiger partial charge in [-0.2, -0.15) is 5.53 Å². The molecule has 0 spiro atoms. The number of hydrazine groups is 2. The van der Waals surface area contributed by atoms with Crippen LogP contribution in [0.25, 0.3) is 11.5 Å². The number of rotatable bonds is 5. The third-order valence-electron chi connectivity index (χ3n) is 6.66. The van der Waals surface area contributed by atoms with Gasteiger partial charge in [-0.3, -0.25) is 4.79 Å². The zero-order valence-electron chi connectivity index (χ0n) is 18.1. The molecule has 0 bridgehead atoms. The fourth-order valence-electron chi connectivity index (χ4n) is 4.88. The van der Waals surface area contributed by atoms with Gasteiger partial charge in [-0.05, 0) is 42.5 Å². The van der Waals surface area contributed by atoms with E-state index in [1.807, 2.05) is 17.0 Å². The van der Waals surface area contributed by atoms with Crippen molar-refractivity contribution < 1.29 is 9.21 Å². The van der Waals surface area contributed by atoms with Crippen molar-refractivity contribution in [3.8, 4) is 11.5 Å². The van der Waals surface area contributed by atoms with Gasteiger partial charge in [-0.15, -0.1) is 10.2 Å². The maximum absolute atomic E-state index is 12.7. The number of nitrogens with zero attached hydrogens (tertiary/aromatic N) is 4. The summed E-state index contributed by atoms with van der Waals surface area (Å²) in [6, 6.07) is 13.3. The van der Waals surface area contributed by atoms with Crippen molar-refractivity contribution in [1.29, 1.82) is 0 Å². The molecule has 2 saturated heterocycles. The van der Waals surface area contributed by atoms with E-state index < -0.39 is 0 Å². The Labute approximate surface area is 191 Å². The molecule has 3 aromatic rings. The normalized spacial score (nSPS) is 22.2. The van der Waals surface area contributed by atoms with Gasteiger partial charge in [0.15, 0.2) is 0 Å². The Bertz CT molecular complexity index is 1120. The molecule has 0 radical (unpaired) electrons. The number of carbonyl (C=O) groups is 1. The SMILES string of the molecule is O=C(Cc1nnc(-c2ccc(NC3Cc4ccccc4C3)nc2)o1)N1CCC2NNNC2C1. The van der Waals surface area contributed by atoms with Crippen LogP contribution in [-0.4, -0.2) is 57.2 Å². The molecule has 1 aromatic carbocycles. The van der Waals surface area contributed by atoms with Gasteiger partial charge in [0.05, 0.1) is 11.6 Å². The molecule has 2 fully saturated rings. The summed E-state index contributed by atoms with van der Waals surface area (Å²) in [6.45, 7) is 1.36. The second-order valence-corrected chi connectivity index (χ2v) is 8.88. The summed E-state index contributed by atoms with van der Waals surface area (Å²) in [7, 11) is 0. The first-order valence-corrected chi connectivity index (χ1v) is 11.4. The molecule has 0 saturated carbocycles. The van der Waals surface area contributed by atoms with Crippen molar-refractivity contribution in [2.75, 3.05) is 18.4 Å². The van der Waals surface area contributed by atoms with Gasteiger partial charge in [0.1, 0.15) is 12.2 Å². The number of pyridine rings is 1. The third kappa shape index (κ3) is 4.20. The van der Waals surface area contributed by atoms with Crippen molar-refractivity contribution in [3.63, 3.8) is 0 Å². The van der Waals surface area contributed by atoms with Crippen LogP contribution >= 0.6 is 0 Å². The number of anilines is 1. The van der Waals surface area contributed by atoms with Crippen molar-refractivity contribution in [3.05, 3.63) is 59.6 Å². The highest BCUT2D eigenvalue weighted by Gasteiger charge is 2.34. The number of aromatic nitrogens is 3. The minimum absolute atomic E-state index is 0.00687. The maximum atomic E-state index is 12.7. The van der Waals surface area contributed by atoms with Gasteiger partial charge in [0.25, 0.3) is 0 Å². The van der Waals surface area contributed by atoms with Gasteiger partial charge in [-0.25, -0.2) is 15.8 Å². The first-order valence-electron chi connectivity index (χ1n) is 11.4. The molecule has 1 amide bonds. The molecular weight excluding hydrogens is 420 g/mol. The van der Waals surface area contributed by atoms with Crippen LogP contribution in [0.2, 0.25) is 0 Å². The maximum Gasteiger partial charge on any atom is 0.249 e. The molecular formula is C23H26N8O2. The lowest BCUT2D eigenvalue weighted by atomic mass is 10.0. The second-order valence-electron chi connectivity index (χ2n) is 8.88. The van der Waals surface area contributed by atoms with Gasteiger partial charge < -0.3 is 14.6 Å². The Morgan fingerprint density at radius 1 is 1.09 bits per heavy atom. The lowest BCUT2D eigenvalue weighted by Crippen LogP contribution is -2.52. The fraction of sp³-hybridized carbons (Fsp3) is 0.391. The molecule has 10 heteroatoms. The zero-order chi connectivity index (χ0) is 22.2. The molecule has 2 aromatic heterocycles. The van der Waals surface area contributed by atoms with Crippen molar-refractivity contribution in [2.24, 2.45) is 0 Å². The Morgan fingerprint density at radius 2 is 1.91 bits per heavy atom. The molecule has 4 heterocycles. The standard InChI is InChI=1S/C23H26N8O2/c32-22(31-8-7-18-19(13-31)27-30-26-18)11-21-28-29-23(33-21)16-5-6-20(24-12-16)25-17-9-14-3-1-2-4-15(14)10-17/h1-6,12,17-19,26-27,30H,7-11,13H2,(H,24,25). The van der Waals surface area contributed by atoms with Crippen LogP contribution in [0.3, 0.4) is 0 Å². The Hall–Kier alpha value is -3.34. The van der Waals surface area contributed by atoms with Gasteiger partial charge >= 0.3 is 0 Å². The summed E-state index contributed by atoms with van der Waals surface area (Å²) in [5, 5.41) is 11.7. The number of amides is 1. The molecule has 4 N–H and O–H groups in total. The van der Waals surface area contributed by atoms with Crippen LogP contribution in [-0.2, 0) is 24.1 Å². The fourth-order valence-corrected chi connectivity index (χ4v) is 4.88. The lowest BCUT2D eigenvalue weighted by Gasteiger charge is -2.33. The highest BCUT2D eigenvalue weighted by Crippen LogP contribution is 2.25. The first kappa shape index (κ1) is 20.3. The largest absolute Gasteiger partial charge is 0.420 e. The molecule has 2 atom stereocenters. The molecule has 2 aliphatic heterocycles. The van der Waals surface area contributed by atoms with Crippen molar-refractivity contribution >= 4 is 11.7 Å². The second kappa shape index (κ2) is 8.54. The highest BCUT2D eigenvalue weighted by atomic mass is 16.4. The Morgan fingerprint density at radius 3 is 2.70 bits per heavy atom. The smallest absolute Gasteiger partial charge is 0.249 e. The predicted octanol–water partition coefficient (Wildman–Crippen LogP) is 0.835. The number of piperidine rings is 1. The van der Waals surface area contributed by atoms with E-state index in [9.17, 15) is 4.79 Å². The lowest BCUT2D eigenvalue weighted by molar-refractivity contribution is -0.132. The molecule has 10 nitrogen and oxygen atoms in total. The summed E-state index contributed by atoms with van der Waals surface area (Å²) in [5.41, 5.74) is 12.8. The first-order chi connectivity index (χ1) is 16.2. The zero-order valence-corrected chi connectivity index (χ0v) is 18.1. The molecule has 1 aliphatic carbocycles. The number of carbonyl (C=O) groups excluding carboxylic acids is 1. The van der Waals surface area contributed by atoms with E-state index in [4.69, 9.17) is 4.42 Å². The molecule has 33 heavy (non-hydrogen) atoms. The van der Waals surface area contributed by atoms with Crippen molar-refractivity contribution in [1.82, 2.24) is 36.5 Å². The van der Waals surface area contributed by atoms with E-state index in [2.05, 4.69) is 61.1 Å². The van der Waals surface area contributed by atoms with E-state index in [1.54, 1.807) is 6.20 Å². The van der Waals surface area contributed by atoms with Gasteiger partial charge in [0, 0.05) is 31.4 Å². The molecule has 2 unspecified atom stereocenters. The molecule has 170 valence electrons. The van der Waals surface area contributed by atoms with Crippen LogP contribution in [0.1, 0.15) is 23.4 Å². The average Bonchev–Trinajstić information content (AvgIpc) is 3.58.